The van der Waals surface area contributed by atoms with Crippen LogP contribution in [0.15, 0.2) is 18.3 Å². The van der Waals surface area contributed by atoms with Crippen LogP contribution in [0.1, 0.15) is 24.8 Å². The molecule has 1 amide bonds. The summed E-state index contributed by atoms with van der Waals surface area (Å²) < 4.78 is 42.7. The van der Waals surface area contributed by atoms with E-state index in [1.807, 2.05) is 6.07 Å². The molecular weight excluding hydrogens is 311 g/mol. The quantitative estimate of drug-likeness (QED) is 0.853. The summed E-state index contributed by atoms with van der Waals surface area (Å²) in [6, 6.07) is 3.97. The zero-order valence-electron chi connectivity index (χ0n) is 12.3. The van der Waals surface area contributed by atoms with Crippen molar-refractivity contribution in [2.45, 2.75) is 25.4 Å². The van der Waals surface area contributed by atoms with Crippen molar-refractivity contribution in [1.29, 1.82) is 5.26 Å². The van der Waals surface area contributed by atoms with Crippen molar-refractivity contribution in [2.24, 2.45) is 5.92 Å². The third kappa shape index (κ3) is 4.84. The van der Waals surface area contributed by atoms with Crippen molar-refractivity contribution in [3.63, 3.8) is 0 Å². The van der Waals surface area contributed by atoms with Crippen LogP contribution in [0.2, 0.25) is 0 Å². The molecule has 8 heteroatoms. The Morgan fingerprint density at radius 3 is 2.61 bits per heavy atom. The monoisotopic (exact) mass is 327 g/mol. The number of ether oxygens (including phenoxy) is 1. The fraction of sp³-hybridized carbons (Fsp3) is 0.533. The van der Waals surface area contributed by atoms with Crippen LogP contribution in [0, 0.1) is 17.2 Å². The molecule has 0 saturated carbocycles. The Labute approximate surface area is 131 Å². The van der Waals surface area contributed by atoms with E-state index in [1.54, 1.807) is 4.90 Å². The minimum Gasteiger partial charge on any atom is -0.477 e. The van der Waals surface area contributed by atoms with Gasteiger partial charge < -0.3 is 9.64 Å². The molecule has 0 aliphatic carbocycles. The van der Waals surface area contributed by atoms with Crippen LogP contribution in [0.25, 0.3) is 0 Å². The first-order valence-electron chi connectivity index (χ1n) is 7.21. The summed E-state index contributed by atoms with van der Waals surface area (Å²) in [6.45, 7) is 1.47. The molecule has 0 radical (unpaired) electrons. The Balaban J connectivity index is 1.77. The molecule has 0 aromatic carbocycles. The fourth-order valence-electron chi connectivity index (χ4n) is 2.37. The van der Waals surface area contributed by atoms with Crippen molar-refractivity contribution >= 4 is 5.91 Å². The first-order valence-corrected chi connectivity index (χ1v) is 7.21. The van der Waals surface area contributed by atoms with Crippen LogP contribution in [-0.2, 0) is 11.0 Å². The molecular formula is C15H16F3N3O2. The summed E-state index contributed by atoms with van der Waals surface area (Å²) in [6.07, 6.45) is -2.31. The van der Waals surface area contributed by atoms with Crippen LogP contribution in [-0.4, -0.2) is 35.5 Å². The highest BCUT2D eigenvalue weighted by molar-refractivity contribution is 5.78. The highest BCUT2D eigenvalue weighted by Crippen LogP contribution is 2.29. The molecule has 2 rings (SSSR count). The number of carbonyl (C=O) groups excluding carboxylic acids is 1. The number of hydrogen-bond donors (Lipinski definition) is 0. The highest BCUT2D eigenvalue weighted by Gasteiger charge is 2.30. The maximum Gasteiger partial charge on any atom is 0.417 e. The summed E-state index contributed by atoms with van der Waals surface area (Å²) in [5.74, 6) is 0.197. The average Bonchev–Trinajstić information content (AvgIpc) is 2.53. The number of hydrogen-bond acceptors (Lipinski definition) is 4. The van der Waals surface area contributed by atoms with Crippen molar-refractivity contribution in [3.8, 4) is 11.9 Å². The second-order valence-electron chi connectivity index (χ2n) is 5.35. The van der Waals surface area contributed by atoms with E-state index < -0.39 is 11.7 Å². The maximum atomic E-state index is 12.4. The van der Waals surface area contributed by atoms with E-state index in [9.17, 15) is 18.0 Å². The van der Waals surface area contributed by atoms with E-state index in [0.717, 1.165) is 25.1 Å². The normalized spacial score (nSPS) is 16.0. The molecule has 0 unspecified atom stereocenters. The molecule has 1 aromatic heterocycles. The molecule has 1 aliphatic heterocycles. The maximum absolute atomic E-state index is 12.4. The predicted octanol–water partition coefficient (Wildman–Crippen LogP) is 2.63. The van der Waals surface area contributed by atoms with Gasteiger partial charge in [0.2, 0.25) is 11.8 Å². The number of pyridine rings is 1. The Kier molecular flexibility index (Phi) is 5.42. The van der Waals surface area contributed by atoms with Gasteiger partial charge in [0.25, 0.3) is 0 Å². The molecule has 1 fully saturated rings. The lowest BCUT2D eigenvalue weighted by atomic mass is 9.97. The van der Waals surface area contributed by atoms with Crippen molar-refractivity contribution in [2.75, 3.05) is 19.7 Å². The third-order valence-corrected chi connectivity index (χ3v) is 3.73. The van der Waals surface area contributed by atoms with E-state index in [1.165, 1.54) is 6.07 Å². The van der Waals surface area contributed by atoms with E-state index in [0.29, 0.717) is 19.7 Å². The predicted molar refractivity (Wildman–Crippen MR) is 74.3 cm³/mol. The third-order valence-electron chi connectivity index (χ3n) is 3.73. The largest absolute Gasteiger partial charge is 0.477 e. The van der Waals surface area contributed by atoms with E-state index in [2.05, 4.69) is 4.98 Å². The lowest BCUT2D eigenvalue weighted by Crippen LogP contribution is -2.39. The van der Waals surface area contributed by atoms with Crippen molar-refractivity contribution in [3.05, 3.63) is 23.9 Å². The zero-order valence-corrected chi connectivity index (χ0v) is 12.3. The number of likely N-dealkylation sites (tertiary alicyclic amines) is 1. The number of aromatic nitrogens is 1. The van der Waals surface area contributed by atoms with Gasteiger partial charge in [-0.25, -0.2) is 4.98 Å². The minimum absolute atomic E-state index is 0.114. The second kappa shape index (κ2) is 7.31. The first kappa shape index (κ1) is 17.1. The van der Waals surface area contributed by atoms with Crippen LogP contribution < -0.4 is 4.74 Å². The Morgan fingerprint density at radius 1 is 1.39 bits per heavy atom. The molecule has 1 aliphatic rings. The van der Waals surface area contributed by atoms with Gasteiger partial charge >= 0.3 is 6.18 Å². The standard InChI is InChI=1S/C15H16F3N3O2/c16-15(17,18)12-1-2-13(20-9-12)23-10-11-4-7-21(8-5-11)14(22)3-6-19/h1-2,9,11H,3-5,7-8,10H2. The highest BCUT2D eigenvalue weighted by atomic mass is 19.4. The molecule has 5 nitrogen and oxygen atoms in total. The van der Waals surface area contributed by atoms with E-state index >= 15 is 0 Å². The summed E-state index contributed by atoms with van der Waals surface area (Å²) in [5.41, 5.74) is -0.811. The Morgan fingerprint density at radius 2 is 2.09 bits per heavy atom. The molecule has 0 bridgehead atoms. The molecule has 124 valence electrons. The molecule has 1 aromatic rings. The number of alkyl halides is 3. The lowest BCUT2D eigenvalue weighted by molar-refractivity contribution is -0.138. The number of amides is 1. The Bertz CT molecular complexity index is 573. The van der Waals surface area contributed by atoms with Gasteiger partial charge in [-0.2, -0.15) is 18.4 Å². The number of piperidine rings is 1. The SMILES string of the molecule is N#CCC(=O)N1CCC(COc2ccc(C(F)(F)F)cn2)CC1. The van der Waals surface area contributed by atoms with Gasteiger partial charge in [0.1, 0.15) is 6.42 Å². The number of halogens is 3. The van der Waals surface area contributed by atoms with Gasteiger partial charge in [-0.1, -0.05) is 0 Å². The average molecular weight is 327 g/mol. The number of nitriles is 1. The molecule has 0 N–H and O–H groups in total. The van der Waals surface area contributed by atoms with Crippen molar-refractivity contribution < 1.29 is 22.7 Å². The molecule has 0 spiro atoms. The van der Waals surface area contributed by atoms with Gasteiger partial charge in [-0.15, -0.1) is 0 Å². The van der Waals surface area contributed by atoms with E-state index in [4.69, 9.17) is 10.00 Å². The fourth-order valence-corrected chi connectivity index (χ4v) is 2.37. The van der Waals surface area contributed by atoms with Gasteiger partial charge in [0.05, 0.1) is 18.2 Å². The van der Waals surface area contributed by atoms with Crippen LogP contribution >= 0.6 is 0 Å². The molecule has 1 saturated heterocycles. The number of carbonyl (C=O) groups is 1. The van der Waals surface area contributed by atoms with Gasteiger partial charge in [-0.05, 0) is 24.8 Å². The van der Waals surface area contributed by atoms with Crippen molar-refractivity contribution in [1.82, 2.24) is 9.88 Å². The second-order valence-corrected chi connectivity index (χ2v) is 5.35. The molecule has 0 atom stereocenters. The van der Waals surface area contributed by atoms with Gasteiger partial charge in [0.15, 0.2) is 0 Å². The van der Waals surface area contributed by atoms with Crippen LogP contribution in [0.4, 0.5) is 13.2 Å². The summed E-state index contributed by atoms with van der Waals surface area (Å²) in [7, 11) is 0. The first-order chi connectivity index (χ1) is 10.9. The van der Waals surface area contributed by atoms with Crippen LogP contribution in [0.3, 0.4) is 0 Å². The Hall–Kier alpha value is -2.30. The van der Waals surface area contributed by atoms with Gasteiger partial charge in [-0.3, -0.25) is 4.79 Å². The summed E-state index contributed by atoms with van der Waals surface area (Å²) in [4.78, 5) is 16.9. The summed E-state index contributed by atoms with van der Waals surface area (Å²) in [5, 5.41) is 8.50. The summed E-state index contributed by atoms with van der Waals surface area (Å²) >= 11 is 0. The molecule has 23 heavy (non-hydrogen) atoms. The topological polar surface area (TPSA) is 66.2 Å². The number of nitrogens with zero attached hydrogens (tertiary/aromatic N) is 3. The number of rotatable bonds is 4. The minimum atomic E-state index is -4.41. The van der Waals surface area contributed by atoms with Gasteiger partial charge in [0, 0.05) is 25.4 Å². The smallest absolute Gasteiger partial charge is 0.417 e. The molecule has 2 heterocycles. The lowest BCUT2D eigenvalue weighted by Gasteiger charge is -2.31. The van der Waals surface area contributed by atoms with Crippen LogP contribution in [0.5, 0.6) is 5.88 Å². The van der Waals surface area contributed by atoms with E-state index in [-0.39, 0.29) is 24.1 Å². The zero-order chi connectivity index (χ0) is 16.9.